The van der Waals surface area contributed by atoms with Gasteiger partial charge in [0.15, 0.2) is 0 Å². The molecular weight excluding hydrogens is 292 g/mol. The van der Waals surface area contributed by atoms with Gasteiger partial charge in [-0.15, -0.1) is 0 Å². The summed E-state index contributed by atoms with van der Waals surface area (Å²) in [5.74, 6) is -0.205. The number of H-pyrrole nitrogens is 1. The number of benzene rings is 1. The van der Waals surface area contributed by atoms with E-state index in [2.05, 4.69) is 10.3 Å². The van der Waals surface area contributed by atoms with Crippen molar-refractivity contribution in [2.45, 2.75) is 11.3 Å². The number of fused-ring (bicyclic) bond motifs is 1. The second-order valence-electron chi connectivity index (χ2n) is 4.71. The van der Waals surface area contributed by atoms with E-state index in [-0.39, 0.29) is 23.8 Å². The Hall–Kier alpha value is -2.06. The van der Waals surface area contributed by atoms with Crippen LogP contribution in [0.5, 0.6) is 0 Å². The molecule has 0 saturated heterocycles. The fourth-order valence-electron chi connectivity index (χ4n) is 2.00. The molecule has 1 aromatic carbocycles. The molecule has 0 aliphatic carbocycles. The van der Waals surface area contributed by atoms with E-state index in [0.717, 1.165) is 0 Å². The zero-order chi connectivity index (χ0) is 15.6. The van der Waals surface area contributed by atoms with E-state index >= 15 is 0 Å². The molecule has 0 radical (unpaired) electrons. The van der Waals surface area contributed by atoms with Crippen LogP contribution in [0.2, 0.25) is 0 Å². The zero-order valence-electron chi connectivity index (χ0n) is 11.9. The molecule has 21 heavy (non-hydrogen) atoms. The molecule has 0 unspecified atom stereocenters. The van der Waals surface area contributed by atoms with Crippen LogP contribution >= 0.6 is 0 Å². The molecule has 7 nitrogen and oxygen atoms in total. The lowest BCUT2D eigenvalue weighted by Gasteiger charge is -2.16. The molecule has 2 rings (SSSR count). The first-order chi connectivity index (χ1) is 9.86. The summed E-state index contributed by atoms with van der Waals surface area (Å²) in [7, 11) is -0.690. The van der Waals surface area contributed by atoms with Crippen molar-refractivity contribution >= 4 is 32.5 Å². The maximum absolute atomic E-state index is 12.5. The Morgan fingerprint density at radius 2 is 2.14 bits per heavy atom. The number of carbonyl (C=O) groups excluding carboxylic acids is 1. The second-order valence-corrected chi connectivity index (χ2v) is 6.72. The van der Waals surface area contributed by atoms with Gasteiger partial charge < -0.3 is 16.0 Å². The third kappa shape index (κ3) is 3.01. The highest BCUT2D eigenvalue weighted by Gasteiger charge is 2.24. The number of carbonyl (C=O) groups is 1. The number of aromatic nitrogens is 1. The van der Waals surface area contributed by atoms with Crippen molar-refractivity contribution < 1.29 is 13.2 Å². The molecule has 1 aromatic heterocycles. The summed E-state index contributed by atoms with van der Waals surface area (Å²) in [6, 6.07) is 5.00. The highest BCUT2D eigenvalue weighted by molar-refractivity contribution is 7.89. The molecular formula is C13H18N4O3S. The molecule has 0 fully saturated rings. The monoisotopic (exact) mass is 310 g/mol. The van der Waals surface area contributed by atoms with Gasteiger partial charge in [0.05, 0.1) is 0 Å². The van der Waals surface area contributed by atoms with Gasteiger partial charge in [-0.25, -0.2) is 12.7 Å². The molecule has 8 heteroatoms. The van der Waals surface area contributed by atoms with Crippen molar-refractivity contribution in [3.63, 3.8) is 0 Å². The van der Waals surface area contributed by atoms with Gasteiger partial charge in [-0.2, -0.15) is 0 Å². The normalized spacial score (nSPS) is 12.0. The summed E-state index contributed by atoms with van der Waals surface area (Å²) in [4.78, 5) is 14.3. The molecule has 2 aromatic rings. The number of sulfonamides is 1. The van der Waals surface area contributed by atoms with Crippen LogP contribution in [0.15, 0.2) is 29.3 Å². The van der Waals surface area contributed by atoms with E-state index in [1.54, 1.807) is 18.2 Å². The summed E-state index contributed by atoms with van der Waals surface area (Å²) in [5.41, 5.74) is 6.89. The van der Waals surface area contributed by atoms with Crippen LogP contribution in [0.4, 0.5) is 5.69 Å². The van der Waals surface area contributed by atoms with Crippen LogP contribution in [0.25, 0.3) is 10.9 Å². The number of nitrogen functional groups attached to an aromatic ring is 1. The van der Waals surface area contributed by atoms with Crippen molar-refractivity contribution in [3.8, 4) is 0 Å². The summed E-state index contributed by atoms with van der Waals surface area (Å²) in [5, 5.41) is 3.04. The predicted octanol–water partition coefficient (Wildman–Crippen LogP) is 0.507. The fourth-order valence-corrected chi connectivity index (χ4v) is 3.33. The first kappa shape index (κ1) is 15.3. The Morgan fingerprint density at radius 3 is 2.81 bits per heavy atom. The SMILES string of the molecule is CNC(=O)CCN(C)S(=O)(=O)c1c[nH]c2cc(N)ccc12. The quantitative estimate of drug-likeness (QED) is 0.699. The number of nitrogens with zero attached hydrogens (tertiary/aromatic N) is 1. The van der Waals surface area contributed by atoms with Crippen LogP contribution in [-0.2, 0) is 14.8 Å². The van der Waals surface area contributed by atoms with Crippen LogP contribution < -0.4 is 11.1 Å². The first-order valence-electron chi connectivity index (χ1n) is 6.40. The minimum absolute atomic E-state index is 0.113. The molecule has 0 saturated carbocycles. The summed E-state index contributed by atoms with van der Waals surface area (Å²) in [6.45, 7) is 0.115. The van der Waals surface area contributed by atoms with Gasteiger partial charge >= 0.3 is 0 Å². The standard InChI is InChI=1S/C13H18N4O3S/c1-15-13(18)5-6-17(2)21(19,20)12-8-16-11-7-9(14)3-4-10(11)12/h3-4,7-8,16H,5-6,14H2,1-2H3,(H,15,18). The molecule has 1 heterocycles. The van der Waals surface area contributed by atoms with E-state index in [1.165, 1.54) is 24.6 Å². The molecule has 0 aliphatic rings. The number of nitrogens with two attached hydrogens (primary N) is 1. The summed E-state index contributed by atoms with van der Waals surface area (Å²) in [6.07, 6.45) is 1.55. The maximum Gasteiger partial charge on any atom is 0.244 e. The minimum atomic E-state index is -3.66. The van der Waals surface area contributed by atoms with Crippen LogP contribution in [0, 0.1) is 0 Å². The number of rotatable bonds is 5. The van der Waals surface area contributed by atoms with E-state index in [4.69, 9.17) is 5.73 Å². The molecule has 0 spiro atoms. The lowest BCUT2D eigenvalue weighted by molar-refractivity contribution is -0.120. The van der Waals surface area contributed by atoms with E-state index in [1.807, 2.05) is 0 Å². The molecule has 0 bridgehead atoms. The average molecular weight is 310 g/mol. The Balaban J connectivity index is 2.31. The van der Waals surface area contributed by atoms with Gasteiger partial charge in [0.25, 0.3) is 0 Å². The second kappa shape index (κ2) is 5.74. The van der Waals surface area contributed by atoms with Gasteiger partial charge in [0.2, 0.25) is 15.9 Å². The van der Waals surface area contributed by atoms with Crippen molar-refractivity contribution in [2.75, 3.05) is 26.4 Å². The van der Waals surface area contributed by atoms with Crippen molar-refractivity contribution in [2.24, 2.45) is 0 Å². The van der Waals surface area contributed by atoms with Crippen molar-refractivity contribution in [3.05, 3.63) is 24.4 Å². The molecule has 0 aliphatic heterocycles. The molecule has 114 valence electrons. The minimum Gasteiger partial charge on any atom is -0.399 e. The Labute approximate surface area is 123 Å². The van der Waals surface area contributed by atoms with Gasteiger partial charge in [-0.3, -0.25) is 4.79 Å². The fraction of sp³-hybridized carbons (Fsp3) is 0.308. The van der Waals surface area contributed by atoms with Crippen LogP contribution in [0.3, 0.4) is 0 Å². The third-order valence-electron chi connectivity index (χ3n) is 3.29. The van der Waals surface area contributed by atoms with Crippen molar-refractivity contribution in [1.29, 1.82) is 0 Å². The maximum atomic E-state index is 12.5. The van der Waals surface area contributed by atoms with Crippen molar-refractivity contribution in [1.82, 2.24) is 14.6 Å². The van der Waals surface area contributed by atoms with Gasteiger partial charge in [-0.1, -0.05) is 0 Å². The number of anilines is 1. The lowest BCUT2D eigenvalue weighted by Crippen LogP contribution is -2.31. The molecule has 4 N–H and O–H groups in total. The average Bonchev–Trinajstić information content (AvgIpc) is 2.87. The van der Waals surface area contributed by atoms with Gasteiger partial charge in [-0.05, 0) is 18.2 Å². The highest BCUT2D eigenvalue weighted by Crippen LogP contribution is 2.26. The predicted molar refractivity (Wildman–Crippen MR) is 81.2 cm³/mol. The largest absolute Gasteiger partial charge is 0.399 e. The van der Waals surface area contributed by atoms with Gasteiger partial charge in [0, 0.05) is 49.8 Å². The topological polar surface area (TPSA) is 108 Å². The third-order valence-corrected chi connectivity index (χ3v) is 5.19. The highest BCUT2D eigenvalue weighted by atomic mass is 32.2. The van der Waals surface area contributed by atoms with E-state index in [9.17, 15) is 13.2 Å². The zero-order valence-corrected chi connectivity index (χ0v) is 12.7. The number of nitrogens with one attached hydrogen (secondary N) is 2. The summed E-state index contributed by atoms with van der Waals surface area (Å²) >= 11 is 0. The van der Waals surface area contributed by atoms with E-state index in [0.29, 0.717) is 16.6 Å². The number of hydrogen-bond acceptors (Lipinski definition) is 4. The Morgan fingerprint density at radius 1 is 1.43 bits per heavy atom. The summed E-state index contributed by atoms with van der Waals surface area (Å²) < 4.78 is 26.2. The molecule has 0 atom stereocenters. The molecule has 1 amide bonds. The number of hydrogen-bond donors (Lipinski definition) is 3. The van der Waals surface area contributed by atoms with Gasteiger partial charge in [0.1, 0.15) is 4.90 Å². The Kier molecular flexibility index (Phi) is 4.19. The van der Waals surface area contributed by atoms with Crippen LogP contribution in [-0.4, -0.2) is 44.3 Å². The number of aromatic amines is 1. The van der Waals surface area contributed by atoms with E-state index < -0.39 is 10.0 Å². The Bertz CT molecular complexity index is 767. The lowest BCUT2D eigenvalue weighted by atomic mass is 10.2. The van der Waals surface area contributed by atoms with Crippen LogP contribution in [0.1, 0.15) is 6.42 Å². The smallest absolute Gasteiger partial charge is 0.244 e. The first-order valence-corrected chi connectivity index (χ1v) is 7.84. The number of amides is 1.